The lowest BCUT2D eigenvalue weighted by Crippen LogP contribution is -2.21. The average molecular weight is 503 g/mol. The van der Waals surface area contributed by atoms with Gasteiger partial charge in [0.25, 0.3) is 0 Å². The molecule has 6 heteroatoms. The lowest BCUT2D eigenvalue weighted by molar-refractivity contribution is -0.138. The SMILES string of the molecule is C=CC(=O)OCCCCOC1CCC(C=CC=CC2CCC(OCCCCOC(=O)C=C)CC2)CC1. The number of allylic oxidation sites excluding steroid dienone is 4. The molecule has 0 bridgehead atoms. The molecule has 202 valence electrons. The van der Waals surface area contributed by atoms with Crippen LogP contribution in [0.15, 0.2) is 49.6 Å². The lowest BCUT2D eigenvalue weighted by atomic mass is 9.86. The van der Waals surface area contributed by atoms with E-state index < -0.39 is 0 Å². The summed E-state index contributed by atoms with van der Waals surface area (Å²) >= 11 is 0. The third kappa shape index (κ3) is 13.8. The molecule has 0 spiro atoms. The first-order chi connectivity index (χ1) is 17.6. The Kier molecular flexibility index (Phi) is 15.9. The molecule has 0 heterocycles. The van der Waals surface area contributed by atoms with E-state index in [4.69, 9.17) is 18.9 Å². The van der Waals surface area contributed by atoms with Crippen LogP contribution in [0.3, 0.4) is 0 Å². The first-order valence-electron chi connectivity index (χ1n) is 13.8. The second-order valence-corrected chi connectivity index (χ2v) is 9.74. The molecule has 0 saturated heterocycles. The number of esters is 2. The molecule has 0 aromatic heterocycles. The zero-order valence-corrected chi connectivity index (χ0v) is 22.0. The Labute approximate surface area is 217 Å². The molecule has 0 unspecified atom stereocenters. The van der Waals surface area contributed by atoms with E-state index in [-0.39, 0.29) is 11.9 Å². The number of hydrogen-bond donors (Lipinski definition) is 0. The van der Waals surface area contributed by atoms with E-state index in [2.05, 4.69) is 37.5 Å². The van der Waals surface area contributed by atoms with Crippen LogP contribution in [-0.2, 0) is 28.5 Å². The zero-order chi connectivity index (χ0) is 25.8. The maximum atomic E-state index is 11.0. The van der Waals surface area contributed by atoms with Gasteiger partial charge in [-0.25, -0.2) is 9.59 Å². The van der Waals surface area contributed by atoms with E-state index in [1.165, 1.54) is 37.8 Å². The minimum Gasteiger partial charge on any atom is -0.463 e. The molecule has 36 heavy (non-hydrogen) atoms. The van der Waals surface area contributed by atoms with Gasteiger partial charge in [0.2, 0.25) is 0 Å². The second-order valence-electron chi connectivity index (χ2n) is 9.74. The van der Waals surface area contributed by atoms with Crippen LogP contribution in [0.1, 0.15) is 77.0 Å². The fourth-order valence-electron chi connectivity index (χ4n) is 4.71. The molecular formula is C30H46O6. The Morgan fingerprint density at radius 1 is 0.583 bits per heavy atom. The molecule has 0 aliphatic heterocycles. The highest BCUT2D eigenvalue weighted by Gasteiger charge is 2.21. The quantitative estimate of drug-likeness (QED) is 0.101. The van der Waals surface area contributed by atoms with Crippen molar-refractivity contribution in [1.29, 1.82) is 0 Å². The van der Waals surface area contributed by atoms with E-state index in [1.807, 2.05) is 0 Å². The first-order valence-corrected chi connectivity index (χ1v) is 13.8. The molecule has 2 aliphatic carbocycles. The van der Waals surface area contributed by atoms with Crippen molar-refractivity contribution >= 4 is 11.9 Å². The van der Waals surface area contributed by atoms with Crippen LogP contribution in [0.4, 0.5) is 0 Å². The van der Waals surface area contributed by atoms with Gasteiger partial charge in [-0.3, -0.25) is 0 Å². The summed E-state index contributed by atoms with van der Waals surface area (Å²) in [5.74, 6) is 0.586. The lowest BCUT2D eigenvalue weighted by Gasteiger charge is -2.27. The van der Waals surface area contributed by atoms with Gasteiger partial charge >= 0.3 is 11.9 Å². The Morgan fingerprint density at radius 2 is 0.944 bits per heavy atom. The van der Waals surface area contributed by atoms with Crippen LogP contribution in [0.2, 0.25) is 0 Å². The summed E-state index contributed by atoms with van der Waals surface area (Å²) in [6.07, 6.45) is 25.0. The number of carbonyl (C=O) groups excluding carboxylic acids is 2. The Hall–Kier alpha value is -2.18. The first kappa shape index (κ1) is 30.0. The third-order valence-corrected chi connectivity index (χ3v) is 6.92. The average Bonchev–Trinajstić information content (AvgIpc) is 2.91. The monoisotopic (exact) mass is 502 g/mol. The molecule has 2 saturated carbocycles. The summed E-state index contributed by atoms with van der Waals surface area (Å²) in [4.78, 5) is 22.0. The zero-order valence-electron chi connectivity index (χ0n) is 22.0. The van der Waals surface area contributed by atoms with Crippen molar-refractivity contribution in [2.24, 2.45) is 11.8 Å². The summed E-state index contributed by atoms with van der Waals surface area (Å²) < 4.78 is 22.0. The number of hydrogen-bond acceptors (Lipinski definition) is 6. The largest absolute Gasteiger partial charge is 0.463 e. The smallest absolute Gasteiger partial charge is 0.330 e. The van der Waals surface area contributed by atoms with Crippen LogP contribution in [0.25, 0.3) is 0 Å². The van der Waals surface area contributed by atoms with Gasteiger partial charge in [-0.2, -0.15) is 0 Å². The molecule has 2 fully saturated rings. The topological polar surface area (TPSA) is 71.1 Å². The number of rotatable bonds is 17. The molecule has 2 rings (SSSR count). The van der Waals surface area contributed by atoms with Crippen molar-refractivity contribution in [2.75, 3.05) is 26.4 Å². The molecule has 0 N–H and O–H groups in total. The summed E-state index contributed by atoms with van der Waals surface area (Å²) in [5, 5.41) is 0. The molecule has 6 nitrogen and oxygen atoms in total. The summed E-state index contributed by atoms with van der Waals surface area (Å²) in [6.45, 7) is 9.12. The van der Waals surface area contributed by atoms with E-state index in [1.54, 1.807) is 0 Å². The van der Waals surface area contributed by atoms with E-state index in [9.17, 15) is 9.59 Å². The molecule has 0 amide bonds. The summed E-state index contributed by atoms with van der Waals surface area (Å²) in [7, 11) is 0. The fraction of sp³-hybridized carbons (Fsp3) is 0.667. The van der Waals surface area contributed by atoms with E-state index in [0.29, 0.717) is 37.3 Å². The van der Waals surface area contributed by atoms with Crippen molar-refractivity contribution in [3.05, 3.63) is 49.6 Å². The molecule has 0 atom stereocenters. The maximum Gasteiger partial charge on any atom is 0.330 e. The van der Waals surface area contributed by atoms with Crippen LogP contribution in [-0.4, -0.2) is 50.6 Å². The highest BCUT2D eigenvalue weighted by Crippen LogP contribution is 2.29. The molecule has 0 radical (unpaired) electrons. The van der Waals surface area contributed by atoms with Gasteiger partial charge in [0, 0.05) is 25.4 Å². The maximum absolute atomic E-state index is 11.0. The van der Waals surface area contributed by atoms with Crippen LogP contribution >= 0.6 is 0 Å². The third-order valence-electron chi connectivity index (χ3n) is 6.92. The molecule has 2 aliphatic rings. The van der Waals surface area contributed by atoms with Gasteiger partial charge in [0.1, 0.15) is 0 Å². The number of carbonyl (C=O) groups is 2. The van der Waals surface area contributed by atoms with Crippen molar-refractivity contribution in [2.45, 2.75) is 89.3 Å². The van der Waals surface area contributed by atoms with E-state index in [0.717, 1.165) is 64.6 Å². The minimum absolute atomic E-state index is 0.357. The fourth-order valence-corrected chi connectivity index (χ4v) is 4.71. The minimum atomic E-state index is -0.357. The Morgan fingerprint density at radius 3 is 1.31 bits per heavy atom. The number of ether oxygens (including phenoxy) is 4. The number of unbranched alkanes of at least 4 members (excludes halogenated alkanes) is 2. The van der Waals surface area contributed by atoms with Gasteiger partial charge in [0.15, 0.2) is 0 Å². The summed E-state index contributed by atoms with van der Waals surface area (Å²) in [5.41, 5.74) is 0. The van der Waals surface area contributed by atoms with Crippen molar-refractivity contribution in [3.8, 4) is 0 Å². The van der Waals surface area contributed by atoms with Gasteiger partial charge in [-0.05, 0) is 88.9 Å². The normalized spacial score (nSPS) is 24.6. The molecule has 0 aromatic carbocycles. The van der Waals surface area contributed by atoms with Crippen LogP contribution in [0, 0.1) is 11.8 Å². The van der Waals surface area contributed by atoms with Crippen LogP contribution in [0.5, 0.6) is 0 Å². The van der Waals surface area contributed by atoms with Crippen molar-refractivity contribution in [3.63, 3.8) is 0 Å². The molecule has 0 aromatic rings. The highest BCUT2D eigenvalue weighted by atomic mass is 16.5. The summed E-state index contributed by atoms with van der Waals surface area (Å²) in [6, 6.07) is 0. The van der Waals surface area contributed by atoms with Crippen molar-refractivity contribution < 1.29 is 28.5 Å². The van der Waals surface area contributed by atoms with Crippen LogP contribution < -0.4 is 0 Å². The highest BCUT2D eigenvalue weighted by molar-refractivity contribution is 5.81. The van der Waals surface area contributed by atoms with Gasteiger partial charge in [0.05, 0.1) is 25.4 Å². The Bertz CT molecular complexity index is 636. The van der Waals surface area contributed by atoms with Gasteiger partial charge < -0.3 is 18.9 Å². The predicted molar refractivity (Wildman–Crippen MR) is 142 cm³/mol. The van der Waals surface area contributed by atoms with E-state index >= 15 is 0 Å². The second kappa shape index (κ2) is 19.0. The predicted octanol–water partition coefficient (Wildman–Crippen LogP) is 6.27. The standard InChI is InChI=1S/C30H46O6/c1-3-29(31)35-23-9-7-21-33-27-17-13-25(14-18-27)11-5-6-12-26-15-19-28(20-16-26)34-22-8-10-24-36-30(32)4-2/h3-6,11-12,25-28H,1-2,7-10,13-24H2. The Balaban J connectivity index is 1.46. The molecular weight excluding hydrogens is 456 g/mol. The van der Waals surface area contributed by atoms with Crippen molar-refractivity contribution in [1.82, 2.24) is 0 Å². The van der Waals surface area contributed by atoms with Gasteiger partial charge in [-0.15, -0.1) is 0 Å². The van der Waals surface area contributed by atoms with Gasteiger partial charge in [-0.1, -0.05) is 37.5 Å².